The number of pyridine rings is 1. The van der Waals surface area contributed by atoms with E-state index in [9.17, 15) is 9.90 Å². The van der Waals surface area contributed by atoms with Gasteiger partial charge in [-0.2, -0.15) is 0 Å². The highest BCUT2D eigenvalue weighted by Crippen LogP contribution is 2.41. The predicted octanol–water partition coefficient (Wildman–Crippen LogP) is 6.85. The summed E-state index contributed by atoms with van der Waals surface area (Å²) in [6, 6.07) is 17.4. The number of benzene rings is 3. The number of carbonyl (C=O) groups excluding carboxylic acids is 1. The summed E-state index contributed by atoms with van der Waals surface area (Å²) in [4.78, 5) is 22.0. The van der Waals surface area contributed by atoms with Crippen molar-refractivity contribution in [3.8, 4) is 22.6 Å². The molecular formula is C30H25ClN4O3. The lowest BCUT2D eigenvalue weighted by molar-refractivity contribution is 0.0968. The number of fused-ring (bicyclic) bond motifs is 1. The Balaban J connectivity index is 1.42. The molecule has 2 aromatic heterocycles. The van der Waals surface area contributed by atoms with Crippen LogP contribution < -0.4 is 10.1 Å². The molecule has 1 fully saturated rings. The van der Waals surface area contributed by atoms with Crippen molar-refractivity contribution in [2.24, 2.45) is 5.92 Å². The molecule has 1 aliphatic carbocycles. The van der Waals surface area contributed by atoms with Crippen LogP contribution >= 0.6 is 11.6 Å². The summed E-state index contributed by atoms with van der Waals surface area (Å²) in [7, 11) is 1.48. The molecule has 0 bridgehead atoms. The molecule has 38 heavy (non-hydrogen) atoms. The van der Waals surface area contributed by atoms with Crippen molar-refractivity contribution < 1.29 is 14.6 Å². The van der Waals surface area contributed by atoms with Crippen molar-refractivity contribution in [2.75, 3.05) is 12.4 Å². The van der Waals surface area contributed by atoms with E-state index >= 15 is 0 Å². The number of carbonyl (C=O) groups is 1. The Bertz CT molecular complexity index is 1650. The van der Waals surface area contributed by atoms with E-state index in [0.29, 0.717) is 5.56 Å². The number of ketones is 1. The van der Waals surface area contributed by atoms with Crippen LogP contribution in [-0.4, -0.2) is 32.5 Å². The summed E-state index contributed by atoms with van der Waals surface area (Å²) in [6.45, 7) is 0.728. The lowest BCUT2D eigenvalue weighted by Crippen LogP contribution is -2.07. The summed E-state index contributed by atoms with van der Waals surface area (Å²) in [6.07, 6.45) is 8.98. The van der Waals surface area contributed by atoms with Gasteiger partial charge < -0.3 is 19.7 Å². The van der Waals surface area contributed by atoms with Gasteiger partial charge in [-0.1, -0.05) is 29.8 Å². The summed E-state index contributed by atoms with van der Waals surface area (Å²) in [5.41, 5.74) is 5.72. The number of rotatable bonds is 8. The van der Waals surface area contributed by atoms with Crippen molar-refractivity contribution in [1.82, 2.24) is 14.5 Å². The number of aromatic nitrogens is 3. The van der Waals surface area contributed by atoms with Crippen molar-refractivity contribution >= 4 is 39.7 Å². The number of phenolic OH excluding ortho intramolecular Hbond substituents is 1. The van der Waals surface area contributed by atoms with Crippen LogP contribution in [0.15, 0.2) is 79.5 Å². The minimum Gasteiger partial charge on any atom is -0.503 e. The van der Waals surface area contributed by atoms with Crippen LogP contribution in [0.4, 0.5) is 11.4 Å². The van der Waals surface area contributed by atoms with Crippen LogP contribution in [0.5, 0.6) is 11.5 Å². The van der Waals surface area contributed by atoms with E-state index in [4.69, 9.17) is 16.3 Å². The monoisotopic (exact) mass is 524 g/mol. The second-order valence-corrected chi connectivity index (χ2v) is 9.89. The number of phenols is 1. The normalized spacial score (nSPS) is 13.0. The molecule has 1 aliphatic rings. The smallest absolute Gasteiger partial charge is 0.176 e. The molecule has 0 aliphatic heterocycles. The molecule has 0 unspecified atom stereocenters. The van der Waals surface area contributed by atoms with Crippen LogP contribution in [0.3, 0.4) is 0 Å². The van der Waals surface area contributed by atoms with Crippen molar-refractivity contribution in [3.05, 3.63) is 95.7 Å². The minimum absolute atomic E-state index is 0.0516. The number of ether oxygens (including phenoxy) is 1. The first-order valence-electron chi connectivity index (χ1n) is 12.4. The van der Waals surface area contributed by atoms with Crippen LogP contribution in [0, 0.1) is 5.92 Å². The average molecular weight is 525 g/mol. The Morgan fingerprint density at radius 1 is 1.13 bits per heavy atom. The average Bonchev–Trinajstić information content (AvgIpc) is 3.67. The number of Topliss-reactive ketones (excluding diaryl/α,β-unsaturated/α-hetero) is 1. The molecule has 0 radical (unpaired) electrons. The fourth-order valence-electron chi connectivity index (χ4n) is 4.58. The number of methoxy groups -OCH3 is 1. The summed E-state index contributed by atoms with van der Waals surface area (Å²) in [5.74, 6) is 0.350. The zero-order valence-electron chi connectivity index (χ0n) is 20.7. The molecule has 0 atom stereocenters. The van der Waals surface area contributed by atoms with Crippen LogP contribution in [0.2, 0.25) is 5.02 Å². The molecule has 8 heteroatoms. The first-order valence-corrected chi connectivity index (χ1v) is 12.7. The van der Waals surface area contributed by atoms with Crippen LogP contribution in [0.1, 0.15) is 28.8 Å². The first-order chi connectivity index (χ1) is 18.5. The van der Waals surface area contributed by atoms with Gasteiger partial charge >= 0.3 is 0 Å². The third kappa shape index (κ3) is 4.68. The van der Waals surface area contributed by atoms with Crippen molar-refractivity contribution in [2.45, 2.75) is 19.4 Å². The largest absolute Gasteiger partial charge is 0.503 e. The molecule has 1 saturated carbocycles. The maximum absolute atomic E-state index is 13.3. The highest BCUT2D eigenvalue weighted by molar-refractivity contribution is 6.32. The molecule has 5 aromatic rings. The lowest BCUT2D eigenvalue weighted by Gasteiger charge is -2.16. The van der Waals surface area contributed by atoms with E-state index in [0.717, 1.165) is 58.4 Å². The highest BCUT2D eigenvalue weighted by atomic mass is 35.5. The van der Waals surface area contributed by atoms with E-state index < -0.39 is 0 Å². The van der Waals surface area contributed by atoms with Gasteiger partial charge in [-0.25, -0.2) is 4.98 Å². The van der Waals surface area contributed by atoms with Crippen LogP contribution in [0.25, 0.3) is 22.0 Å². The maximum Gasteiger partial charge on any atom is 0.176 e. The number of nitrogens with zero attached hydrogens (tertiary/aromatic N) is 3. The standard InChI is InChI=1S/C30H25ClN4O3/c1-38-27-14-21(13-25(31)30(27)37)20-6-9-26-23(12-20)28(24(15-33-26)29(36)19-4-5-19)34-22-7-2-18(3-8-22)16-35-11-10-32-17-35/h2-3,6-15,17,19,37H,4-5,16H2,1H3,(H,33,34). The van der Waals surface area contributed by atoms with E-state index in [1.807, 2.05) is 41.1 Å². The third-order valence-corrected chi connectivity index (χ3v) is 7.10. The fourth-order valence-corrected chi connectivity index (χ4v) is 4.79. The second-order valence-electron chi connectivity index (χ2n) is 9.48. The van der Waals surface area contributed by atoms with E-state index in [2.05, 4.69) is 27.4 Å². The third-order valence-electron chi connectivity index (χ3n) is 6.81. The Kier molecular flexibility index (Phi) is 6.21. The molecule has 6 rings (SSSR count). The van der Waals surface area contributed by atoms with Gasteiger partial charge in [0.25, 0.3) is 0 Å². The SMILES string of the molecule is COc1cc(-c2ccc3ncc(C(=O)C4CC4)c(Nc4ccc(Cn5ccnc5)cc4)c3c2)cc(Cl)c1O. The molecular weight excluding hydrogens is 500 g/mol. The van der Waals surface area contributed by atoms with Crippen LogP contribution in [-0.2, 0) is 6.54 Å². The number of hydrogen-bond donors (Lipinski definition) is 2. The Labute approximate surface area is 224 Å². The van der Waals surface area contributed by atoms with Gasteiger partial charge in [-0.3, -0.25) is 9.78 Å². The summed E-state index contributed by atoms with van der Waals surface area (Å²) < 4.78 is 7.31. The molecule has 190 valence electrons. The zero-order chi connectivity index (χ0) is 26.2. The molecule has 0 spiro atoms. The number of aromatic hydroxyl groups is 1. The lowest BCUT2D eigenvalue weighted by atomic mass is 9.98. The quantitative estimate of drug-likeness (QED) is 0.216. The fraction of sp³-hybridized carbons (Fsp3) is 0.167. The Morgan fingerprint density at radius 2 is 1.95 bits per heavy atom. The molecule has 3 aromatic carbocycles. The maximum atomic E-state index is 13.3. The van der Waals surface area contributed by atoms with E-state index in [-0.39, 0.29) is 28.2 Å². The number of imidazole rings is 1. The number of hydrogen-bond acceptors (Lipinski definition) is 6. The first kappa shape index (κ1) is 24.0. The number of anilines is 2. The number of halogens is 1. The number of nitrogens with one attached hydrogen (secondary N) is 1. The molecule has 2 N–H and O–H groups in total. The molecule has 0 saturated heterocycles. The predicted molar refractivity (Wildman–Crippen MR) is 149 cm³/mol. The van der Waals surface area contributed by atoms with Gasteiger partial charge in [0, 0.05) is 42.1 Å². The molecule has 7 nitrogen and oxygen atoms in total. The van der Waals surface area contributed by atoms with Crippen molar-refractivity contribution in [1.29, 1.82) is 0 Å². The van der Waals surface area contributed by atoms with Gasteiger partial charge in [0.2, 0.25) is 0 Å². The minimum atomic E-state index is -0.100. The van der Waals surface area contributed by atoms with Gasteiger partial charge in [0.15, 0.2) is 17.3 Å². The van der Waals surface area contributed by atoms with E-state index in [1.54, 1.807) is 30.9 Å². The Hall–Kier alpha value is -4.36. The van der Waals surface area contributed by atoms with E-state index in [1.165, 1.54) is 7.11 Å². The summed E-state index contributed by atoms with van der Waals surface area (Å²) in [5, 5.41) is 14.7. The van der Waals surface area contributed by atoms with Gasteiger partial charge in [-0.05, 0) is 65.9 Å². The zero-order valence-corrected chi connectivity index (χ0v) is 21.4. The summed E-state index contributed by atoms with van der Waals surface area (Å²) >= 11 is 6.27. The van der Waals surface area contributed by atoms with Gasteiger partial charge in [-0.15, -0.1) is 0 Å². The van der Waals surface area contributed by atoms with Crippen molar-refractivity contribution in [3.63, 3.8) is 0 Å². The van der Waals surface area contributed by atoms with Gasteiger partial charge in [0.1, 0.15) is 0 Å². The highest BCUT2D eigenvalue weighted by Gasteiger charge is 2.32. The Morgan fingerprint density at radius 3 is 2.66 bits per heavy atom. The molecule has 0 amide bonds. The topological polar surface area (TPSA) is 89.3 Å². The van der Waals surface area contributed by atoms with Gasteiger partial charge in [0.05, 0.1) is 35.2 Å². The molecule has 2 heterocycles. The second kappa shape index (κ2) is 9.84.